The number of pyridine rings is 1. The molecule has 2 N–H and O–H groups in total. The van der Waals surface area contributed by atoms with E-state index < -0.39 is 0 Å². The lowest BCUT2D eigenvalue weighted by Gasteiger charge is -2.04. The standard InChI is InChI=1S/C14H15N5O2/c1-19-10-17-18-13(19)9-16-14(21)12-6-11(7-15-8-12)4-2-3-5-20/h6-8,10,20H,3,5,9H2,1H3,(H,16,21). The first-order valence-electron chi connectivity index (χ1n) is 6.36. The topological polar surface area (TPSA) is 92.9 Å². The van der Waals surface area contributed by atoms with Gasteiger partial charge >= 0.3 is 0 Å². The first kappa shape index (κ1) is 14.7. The van der Waals surface area contributed by atoms with Crippen LogP contribution < -0.4 is 5.32 Å². The van der Waals surface area contributed by atoms with Crippen molar-refractivity contribution in [3.63, 3.8) is 0 Å². The van der Waals surface area contributed by atoms with Crippen LogP contribution in [0.2, 0.25) is 0 Å². The second-order valence-electron chi connectivity index (χ2n) is 4.28. The minimum atomic E-state index is -0.253. The summed E-state index contributed by atoms with van der Waals surface area (Å²) in [5, 5.41) is 19.0. The van der Waals surface area contributed by atoms with Crippen LogP contribution in [0.1, 0.15) is 28.2 Å². The molecule has 2 heterocycles. The highest BCUT2D eigenvalue weighted by Gasteiger charge is 2.08. The molecule has 0 saturated heterocycles. The predicted octanol–water partition coefficient (Wildman–Crippen LogP) is -0.126. The van der Waals surface area contributed by atoms with Crippen LogP contribution in [0.15, 0.2) is 24.8 Å². The fraction of sp³-hybridized carbons (Fsp3) is 0.286. The number of aryl methyl sites for hydroxylation is 1. The first-order valence-corrected chi connectivity index (χ1v) is 6.36. The summed E-state index contributed by atoms with van der Waals surface area (Å²) in [5.41, 5.74) is 1.06. The summed E-state index contributed by atoms with van der Waals surface area (Å²) in [6.07, 6.45) is 5.01. The van der Waals surface area contributed by atoms with Gasteiger partial charge in [0.25, 0.3) is 5.91 Å². The monoisotopic (exact) mass is 285 g/mol. The number of aliphatic hydroxyl groups excluding tert-OH is 1. The Morgan fingerprint density at radius 1 is 1.48 bits per heavy atom. The van der Waals surface area contributed by atoms with Crippen molar-refractivity contribution >= 4 is 5.91 Å². The summed E-state index contributed by atoms with van der Waals surface area (Å²) in [6, 6.07) is 1.66. The normalized spacial score (nSPS) is 9.81. The molecule has 0 radical (unpaired) electrons. The third-order valence-corrected chi connectivity index (χ3v) is 2.68. The maximum Gasteiger partial charge on any atom is 0.253 e. The molecule has 0 fully saturated rings. The van der Waals surface area contributed by atoms with Gasteiger partial charge < -0.3 is 15.0 Å². The molecule has 1 amide bonds. The molecule has 0 saturated carbocycles. The number of carbonyl (C=O) groups excluding carboxylic acids is 1. The summed E-state index contributed by atoms with van der Waals surface area (Å²) in [6.45, 7) is 0.300. The number of nitrogens with one attached hydrogen (secondary N) is 1. The number of rotatable bonds is 4. The molecule has 0 aliphatic rings. The molecule has 7 nitrogen and oxygen atoms in total. The molecule has 0 aliphatic heterocycles. The molecule has 2 aromatic heterocycles. The van der Waals surface area contributed by atoms with Crippen molar-refractivity contribution in [3.8, 4) is 11.8 Å². The van der Waals surface area contributed by atoms with Crippen molar-refractivity contribution in [2.24, 2.45) is 7.05 Å². The van der Waals surface area contributed by atoms with Gasteiger partial charge in [0.05, 0.1) is 18.7 Å². The Kier molecular flexibility index (Phi) is 5.01. The van der Waals surface area contributed by atoms with E-state index in [0.717, 1.165) is 0 Å². The van der Waals surface area contributed by atoms with E-state index in [9.17, 15) is 4.79 Å². The lowest BCUT2D eigenvalue weighted by molar-refractivity contribution is 0.0949. The molecule has 21 heavy (non-hydrogen) atoms. The van der Waals surface area contributed by atoms with E-state index in [1.165, 1.54) is 6.20 Å². The highest BCUT2D eigenvalue weighted by molar-refractivity contribution is 5.94. The van der Waals surface area contributed by atoms with Gasteiger partial charge in [0, 0.05) is 31.4 Å². The zero-order valence-corrected chi connectivity index (χ0v) is 11.6. The lowest BCUT2D eigenvalue weighted by Crippen LogP contribution is -2.24. The van der Waals surface area contributed by atoms with Crippen LogP contribution in [-0.4, -0.2) is 37.4 Å². The summed E-state index contributed by atoms with van der Waals surface area (Å²) in [7, 11) is 1.81. The molecular weight excluding hydrogens is 270 g/mol. The second kappa shape index (κ2) is 7.17. The average Bonchev–Trinajstić information content (AvgIpc) is 2.91. The molecule has 0 spiro atoms. The Hall–Kier alpha value is -2.72. The van der Waals surface area contributed by atoms with E-state index in [-0.39, 0.29) is 19.1 Å². The third kappa shape index (κ3) is 4.12. The summed E-state index contributed by atoms with van der Waals surface area (Å²) in [4.78, 5) is 16.0. The molecule has 0 atom stereocenters. The van der Waals surface area contributed by atoms with Crippen LogP contribution in [0, 0.1) is 11.8 Å². The summed E-state index contributed by atoms with van der Waals surface area (Å²) in [5.74, 6) is 6.04. The quantitative estimate of drug-likeness (QED) is 0.764. The van der Waals surface area contributed by atoms with Gasteiger partial charge in [-0.2, -0.15) is 0 Å². The van der Waals surface area contributed by atoms with E-state index in [1.54, 1.807) is 30.2 Å². The van der Waals surface area contributed by atoms with Gasteiger partial charge in [-0.1, -0.05) is 11.8 Å². The van der Waals surface area contributed by atoms with E-state index >= 15 is 0 Å². The van der Waals surface area contributed by atoms with Gasteiger partial charge in [-0.3, -0.25) is 9.78 Å². The largest absolute Gasteiger partial charge is 0.395 e. The van der Waals surface area contributed by atoms with Crippen molar-refractivity contribution in [2.45, 2.75) is 13.0 Å². The number of nitrogens with zero attached hydrogens (tertiary/aromatic N) is 4. The summed E-state index contributed by atoms with van der Waals surface area (Å²) < 4.78 is 1.73. The third-order valence-electron chi connectivity index (χ3n) is 2.68. The number of hydrogen-bond donors (Lipinski definition) is 2. The Labute approximate surface area is 122 Å². The molecule has 2 aromatic rings. The van der Waals surface area contributed by atoms with Crippen molar-refractivity contribution in [3.05, 3.63) is 41.7 Å². The van der Waals surface area contributed by atoms with E-state index in [2.05, 4.69) is 32.3 Å². The van der Waals surface area contributed by atoms with Gasteiger partial charge in [-0.15, -0.1) is 10.2 Å². The Morgan fingerprint density at radius 2 is 2.33 bits per heavy atom. The van der Waals surface area contributed by atoms with E-state index in [4.69, 9.17) is 5.11 Å². The van der Waals surface area contributed by atoms with Crippen molar-refractivity contribution in [1.29, 1.82) is 0 Å². The molecule has 2 rings (SSSR count). The Balaban J connectivity index is 2.01. The van der Waals surface area contributed by atoms with Gasteiger partial charge in [0.2, 0.25) is 0 Å². The number of aromatic nitrogens is 4. The van der Waals surface area contributed by atoms with Gasteiger partial charge in [0.15, 0.2) is 5.82 Å². The van der Waals surface area contributed by atoms with Crippen molar-refractivity contribution in [1.82, 2.24) is 25.1 Å². The maximum absolute atomic E-state index is 12.0. The van der Waals surface area contributed by atoms with Crippen LogP contribution in [0.3, 0.4) is 0 Å². The first-order chi connectivity index (χ1) is 10.2. The van der Waals surface area contributed by atoms with Crippen LogP contribution >= 0.6 is 0 Å². The molecule has 108 valence electrons. The van der Waals surface area contributed by atoms with Gasteiger partial charge in [0.1, 0.15) is 6.33 Å². The van der Waals surface area contributed by atoms with E-state index in [0.29, 0.717) is 23.4 Å². The molecule has 0 aromatic carbocycles. The number of aliphatic hydroxyl groups is 1. The fourth-order valence-corrected chi connectivity index (χ4v) is 1.58. The number of amides is 1. The van der Waals surface area contributed by atoms with Crippen LogP contribution in [0.5, 0.6) is 0 Å². The second-order valence-corrected chi connectivity index (χ2v) is 4.28. The SMILES string of the molecule is Cn1cnnc1CNC(=O)c1cncc(C#CCCO)c1. The van der Waals surface area contributed by atoms with Gasteiger partial charge in [-0.25, -0.2) is 0 Å². The van der Waals surface area contributed by atoms with Crippen molar-refractivity contribution < 1.29 is 9.90 Å². The average molecular weight is 285 g/mol. The lowest BCUT2D eigenvalue weighted by atomic mass is 10.2. The Morgan fingerprint density at radius 3 is 3.05 bits per heavy atom. The Bertz CT molecular complexity index is 684. The molecular formula is C14H15N5O2. The highest BCUT2D eigenvalue weighted by Crippen LogP contribution is 2.02. The van der Waals surface area contributed by atoms with Crippen LogP contribution in [0.4, 0.5) is 0 Å². The van der Waals surface area contributed by atoms with Crippen molar-refractivity contribution in [2.75, 3.05) is 6.61 Å². The molecule has 7 heteroatoms. The molecule has 0 aliphatic carbocycles. The predicted molar refractivity (Wildman–Crippen MR) is 75.0 cm³/mol. The summed E-state index contributed by atoms with van der Waals surface area (Å²) >= 11 is 0. The minimum absolute atomic E-state index is 0.0122. The van der Waals surface area contributed by atoms with Gasteiger partial charge in [-0.05, 0) is 6.07 Å². The van der Waals surface area contributed by atoms with Crippen LogP contribution in [0.25, 0.3) is 0 Å². The fourth-order valence-electron chi connectivity index (χ4n) is 1.58. The molecule has 0 unspecified atom stereocenters. The number of hydrogen-bond acceptors (Lipinski definition) is 5. The number of carbonyl (C=O) groups is 1. The zero-order chi connectivity index (χ0) is 15.1. The minimum Gasteiger partial charge on any atom is -0.395 e. The van der Waals surface area contributed by atoms with Crippen LogP contribution in [-0.2, 0) is 13.6 Å². The maximum atomic E-state index is 12.0. The zero-order valence-electron chi connectivity index (χ0n) is 11.6. The highest BCUT2D eigenvalue weighted by atomic mass is 16.2. The van der Waals surface area contributed by atoms with E-state index in [1.807, 2.05) is 0 Å². The molecule has 0 bridgehead atoms. The smallest absolute Gasteiger partial charge is 0.253 e.